The van der Waals surface area contributed by atoms with Crippen LogP contribution in [-0.4, -0.2) is 125 Å². The van der Waals surface area contributed by atoms with Gasteiger partial charge in [0, 0.05) is 75.6 Å². The molecule has 14 nitrogen and oxygen atoms in total. The maximum absolute atomic E-state index is 14.1. The lowest BCUT2D eigenvalue weighted by atomic mass is 9.91. The van der Waals surface area contributed by atoms with E-state index in [0.29, 0.717) is 30.8 Å². The lowest BCUT2D eigenvalue weighted by molar-refractivity contribution is -0.149. The molecule has 0 N–H and O–H groups in total. The fraction of sp³-hybridized carbons (Fsp3) is 0.650. The highest BCUT2D eigenvalue weighted by Crippen LogP contribution is 2.47. The lowest BCUT2D eigenvalue weighted by Crippen LogP contribution is -2.44. The molecule has 0 spiro atoms. The van der Waals surface area contributed by atoms with Crippen LogP contribution in [0.2, 0.25) is 87.6 Å². The van der Waals surface area contributed by atoms with Crippen LogP contribution >= 0.6 is 11.8 Å². The monoisotopic (exact) mass is 1450 g/mol. The Morgan fingerprint density at radius 1 is 0.606 bits per heavy atom. The van der Waals surface area contributed by atoms with Crippen LogP contribution in [-0.2, 0) is 51.4 Å². The molecule has 2 saturated heterocycles. The Bertz CT molecular complexity index is 3590. The van der Waals surface area contributed by atoms with Crippen molar-refractivity contribution in [3.8, 4) is 0 Å². The van der Waals surface area contributed by atoms with Crippen LogP contribution in [0.1, 0.15) is 178 Å². The highest BCUT2D eigenvalue weighted by molar-refractivity contribution is 7.99. The molecule has 5 unspecified atom stereocenters. The predicted molar refractivity (Wildman–Crippen MR) is 424 cm³/mol. The molecule has 2 aliphatic heterocycles. The fourth-order valence-electron chi connectivity index (χ4n) is 12.2. The van der Waals surface area contributed by atoms with Gasteiger partial charge in [-0.3, -0.25) is 0 Å². The molecule has 3 aromatic carbocycles. The molecule has 2 aliphatic rings. The molecule has 2 fully saturated rings. The Morgan fingerprint density at radius 3 is 1.49 bits per heavy atom. The van der Waals surface area contributed by atoms with E-state index >= 15 is 0 Å². The highest BCUT2D eigenvalue weighted by atomic mass is 32.2. The third kappa shape index (κ3) is 23.1. The van der Waals surface area contributed by atoms with Crippen molar-refractivity contribution in [3.05, 3.63) is 119 Å². The van der Waals surface area contributed by atoms with E-state index in [4.69, 9.17) is 42.3 Å². The number of hydrogen-bond acceptors (Lipinski definition) is 13. The van der Waals surface area contributed by atoms with Crippen LogP contribution in [0.3, 0.4) is 0 Å². The number of nitrogens with zero attached hydrogens (tertiary/aromatic N) is 4. The second-order valence-corrected chi connectivity index (χ2v) is 57.1. The van der Waals surface area contributed by atoms with E-state index in [2.05, 4.69) is 214 Å². The topological polar surface area (TPSA) is 144 Å². The first-order valence-corrected chi connectivity index (χ1v) is 50.7. The number of imidazole rings is 2. The average Bonchev–Trinajstić information content (AvgIpc) is 1.72. The molecule has 7 rings (SSSR count). The third-order valence-corrected chi connectivity index (χ3v) is 34.6. The summed E-state index contributed by atoms with van der Waals surface area (Å²) in [7, 11) is -2.47. The number of benzene rings is 3. The van der Waals surface area contributed by atoms with Crippen LogP contribution < -0.4 is 0 Å². The number of carbonyl (C=O) groups is 2. The molecule has 11 atom stereocenters. The zero-order valence-electron chi connectivity index (χ0n) is 66.7. The van der Waals surface area contributed by atoms with Crippen molar-refractivity contribution in [3.63, 3.8) is 0 Å². The van der Waals surface area contributed by atoms with E-state index in [9.17, 15) is 9.59 Å². The number of thioether (sulfide) groups is 1. The number of fused-ring (bicyclic) bond motifs is 2. The summed E-state index contributed by atoms with van der Waals surface area (Å²) in [5, 5.41) is 0.258. The van der Waals surface area contributed by atoms with E-state index < -0.39 is 44.4 Å². The van der Waals surface area contributed by atoms with E-state index in [-0.39, 0.29) is 87.6 Å². The molecule has 5 aromatic rings. The molecule has 99 heavy (non-hydrogen) atoms. The van der Waals surface area contributed by atoms with Crippen molar-refractivity contribution in [1.82, 2.24) is 19.1 Å². The number of aryl methyl sites for hydroxylation is 4. The summed E-state index contributed by atoms with van der Waals surface area (Å²) >= 11 is 1.78. The van der Waals surface area contributed by atoms with Crippen molar-refractivity contribution in [1.29, 1.82) is 0 Å². The standard InChI is InChI=1S/C43H68N2O5SSi2.C37H62N2O5Si2/c1-29(32(4)50-53(14,15)42(5,6)7)21-22-30(2)40-35(48-43(8,9)49-40)23-24-36(51-33-19-17-16-18-20-33)38-37(41(46)47-25-26-52(11,12)13)31(3)27-34-39(38)44-28-45(34)10;1-25(28(4)44-46(14,15)36(5,6)7)19-20-26(2)34-31(42-37(8,9)43-34)18-16-17-29-32(35(40)41-21-22-45(11,12)13)27(3)23-30-33(29)38-24-39(30)10/h16-22,27-30,32,35-36,40H,23-26H2,1-15H3;16-17,19-20,23-26,28,31,34H,18,21-22H2,1-15H3/b22-21-;17-16+,20-19-/t29-,30?,32+,35+,36?,40?;25-,26?,28+,31+,34?/m11/s1. The molecule has 0 aliphatic carbocycles. The molecule has 2 aromatic heterocycles. The van der Waals surface area contributed by atoms with Crippen molar-refractivity contribution < 1.29 is 46.9 Å². The van der Waals surface area contributed by atoms with E-state index in [1.807, 2.05) is 89.3 Å². The number of carbonyl (C=O) groups excluding carboxylic acids is 2. The Kier molecular flexibility index (Phi) is 28.5. The normalized spacial score (nSPS) is 20.9. The minimum atomic E-state index is -1.88. The van der Waals surface area contributed by atoms with Crippen molar-refractivity contribution in [2.45, 2.75) is 290 Å². The second kappa shape index (κ2) is 33.7. The van der Waals surface area contributed by atoms with Crippen LogP contribution in [0, 0.1) is 37.5 Å². The van der Waals surface area contributed by atoms with E-state index in [1.165, 1.54) is 0 Å². The van der Waals surface area contributed by atoms with E-state index in [1.54, 1.807) is 18.1 Å². The van der Waals surface area contributed by atoms with Gasteiger partial charge in [0.15, 0.2) is 28.2 Å². The fourth-order valence-corrected chi connectivity index (χ4v) is 17.9. The molecule has 0 bridgehead atoms. The maximum Gasteiger partial charge on any atom is 0.339 e. The summed E-state index contributed by atoms with van der Waals surface area (Å²) in [4.78, 5) is 38.2. The minimum Gasteiger partial charge on any atom is -0.462 e. The Balaban J connectivity index is 0.000000315. The van der Waals surface area contributed by atoms with E-state index in [0.717, 1.165) is 74.1 Å². The van der Waals surface area contributed by atoms with Gasteiger partial charge in [-0.2, -0.15) is 0 Å². The number of hydrogen-bond donors (Lipinski definition) is 0. The first-order valence-electron chi connectivity index (χ1n) is 36.6. The average molecular weight is 1450 g/mol. The lowest BCUT2D eigenvalue weighted by Gasteiger charge is -2.39. The zero-order valence-corrected chi connectivity index (χ0v) is 71.6. The van der Waals surface area contributed by atoms with Gasteiger partial charge < -0.3 is 46.4 Å². The van der Waals surface area contributed by atoms with Crippen LogP contribution in [0.25, 0.3) is 28.1 Å². The molecule has 19 heteroatoms. The quantitative estimate of drug-likeness (QED) is 0.0194. The summed E-state index contributed by atoms with van der Waals surface area (Å²) in [6, 6.07) is 16.4. The van der Waals surface area contributed by atoms with Gasteiger partial charge in [0.05, 0.1) is 83.5 Å². The largest absolute Gasteiger partial charge is 0.462 e. The van der Waals surface area contributed by atoms with Gasteiger partial charge in [0.1, 0.15) is 0 Å². The Labute approximate surface area is 606 Å². The van der Waals surface area contributed by atoms with Crippen LogP contribution in [0.15, 0.2) is 90.4 Å². The summed E-state index contributed by atoms with van der Waals surface area (Å²) < 4.78 is 55.4. The third-order valence-electron chi connectivity index (χ3n) is 20.8. The Hall–Kier alpha value is -4.26. The van der Waals surface area contributed by atoms with Gasteiger partial charge in [-0.25, -0.2) is 19.6 Å². The number of ether oxygens (including phenoxy) is 6. The summed E-state index contributed by atoms with van der Waals surface area (Å²) in [5.41, 5.74) is 8.38. The van der Waals surface area contributed by atoms with Crippen LogP contribution in [0.4, 0.5) is 0 Å². The summed E-state index contributed by atoms with van der Waals surface area (Å²) in [6.07, 6.45) is 18.8. The van der Waals surface area contributed by atoms with Crippen molar-refractivity contribution in [2.75, 3.05) is 13.2 Å². The van der Waals surface area contributed by atoms with Gasteiger partial charge in [-0.05, 0) is 170 Å². The van der Waals surface area contributed by atoms with Gasteiger partial charge in [-0.1, -0.05) is 163 Å². The minimum absolute atomic E-state index is 0.0820. The van der Waals surface area contributed by atoms with Gasteiger partial charge >= 0.3 is 11.9 Å². The molecule has 552 valence electrons. The van der Waals surface area contributed by atoms with Crippen molar-refractivity contribution in [2.24, 2.45) is 37.8 Å². The number of aromatic nitrogens is 4. The smallest absolute Gasteiger partial charge is 0.339 e. The highest BCUT2D eigenvalue weighted by Gasteiger charge is 2.46. The molecule has 4 heterocycles. The molecule has 0 radical (unpaired) electrons. The number of esters is 2. The Morgan fingerprint density at radius 2 is 1.03 bits per heavy atom. The number of rotatable bonds is 29. The summed E-state index contributed by atoms with van der Waals surface area (Å²) in [6.45, 7) is 62.8. The second-order valence-electron chi connectivity index (χ2n) is 35.1. The zero-order chi connectivity index (χ0) is 74.3. The van der Waals surface area contributed by atoms with Gasteiger partial charge in [0.2, 0.25) is 0 Å². The predicted octanol–water partition coefficient (Wildman–Crippen LogP) is 21.3. The summed E-state index contributed by atoms with van der Waals surface area (Å²) in [5.74, 6) is -1.13. The molecular formula is C80H130N4O10SSi4. The van der Waals surface area contributed by atoms with Gasteiger partial charge in [0.25, 0.3) is 0 Å². The first-order chi connectivity index (χ1) is 45.5. The van der Waals surface area contributed by atoms with Crippen molar-refractivity contribution >= 4 is 84.6 Å². The molecule has 0 amide bonds. The molecule has 0 saturated carbocycles. The SMILES string of the molecule is Cc1cc2c(ncn2C)c(/C=C/C[C@@H]2OC(C)(C)OC2C(C)/C=C\[C@@H](C)[C@H](C)O[Si](C)(C)C(C)(C)C)c1C(=O)OCC[Si](C)(C)C.Cc1cc2c(ncn2C)c(C(CC[C@@H]2OC(C)(C)OC2C(C)/C=C\[C@@H](C)[C@H](C)O[Si](C)(C)C(C)(C)C)Sc2ccccc2)c1C(=O)OCC[Si](C)(C)C. The molecular weight excluding hydrogens is 1320 g/mol. The van der Waals surface area contributed by atoms with Crippen LogP contribution in [0.5, 0.6) is 0 Å². The first kappa shape index (κ1) is 83.7. The van der Waals surface area contributed by atoms with Gasteiger partial charge in [-0.15, -0.1) is 11.8 Å². The maximum atomic E-state index is 14.1.